The summed E-state index contributed by atoms with van der Waals surface area (Å²) in [5.41, 5.74) is 6.41. The van der Waals surface area contributed by atoms with Gasteiger partial charge in [0.25, 0.3) is 0 Å². The summed E-state index contributed by atoms with van der Waals surface area (Å²) in [7, 11) is 4.31. The van der Waals surface area contributed by atoms with E-state index in [1.165, 1.54) is 51.9 Å². The standard InChI is InChI=1S/C15H31N3/c1-4-18(9-5-8-17(2)3)11-14-12-6-7-13(10-12)15(14)16/h12-15H,4-11,16H2,1-3H3. The highest BCUT2D eigenvalue weighted by Crippen LogP contribution is 2.47. The Hall–Kier alpha value is -0.120. The molecule has 0 amide bonds. The second-order valence-electron chi connectivity index (χ2n) is 6.62. The lowest BCUT2D eigenvalue weighted by atomic mass is 9.84. The van der Waals surface area contributed by atoms with Crippen LogP contribution >= 0.6 is 0 Å². The molecule has 0 aromatic heterocycles. The van der Waals surface area contributed by atoms with E-state index >= 15 is 0 Å². The maximum atomic E-state index is 6.41. The Bertz CT molecular complexity index is 252. The monoisotopic (exact) mass is 253 g/mol. The molecule has 18 heavy (non-hydrogen) atoms. The lowest BCUT2D eigenvalue weighted by Gasteiger charge is -2.33. The summed E-state index contributed by atoms with van der Waals surface area (Å²) in [5, 5.41) is 0. The molecule has 2 N–H and O–H groups in total. The van der Waals surface area contributed by atoms with Crippen LogP contribution < -0.4 is 5.73 Å². The molecule has 4 atom stereocenters. The van der Waals surface area contributed by atoms with Crippen LogP contribution in [-0.2, 0) is 0 Å². The summed E-state index contributed by atoms with van der Waals surface area (Å²) in [4.78, 5) is 4.89. The Morgan fingerprint density at radius 2 is 1.83 bits per heavy atom. The van der Waals surface area contributed by atoms with Crippen molar-refractivity contribution in [1.82, 2.24) is 9.80 Å². The Morgan fingerprint density at radius 3 is 2.39 bits per heavy atom. The summed E-state index contributed by atoms with van der Waals surface area (Å²) < 4.78 is 0. The Labute approximate surface area is 113 Å². The molecule has 0 radical (unpaired) electrons. The molecule has 2 rings (SSSR count). The van der Waals surface area contributed by atoms with Crippen molar-refractivity contribution in [2.75, 3.05) is 40.3 Å². The van der Waals surface area contributed by atoms with Gasteiger partial charge in [-0.25, -0.2) is 0 Å². The molecule has 0 heterocycles. The molecule has 4 unspecified atom stereocenters. The zero-order valence-corrected chi connectivity index (χ0v) is 12.4. The molecular weight excluding hydrogens is 222 g/mol. The van der Waals surface area contributed by atoms with Crippen molar-refractivity contribution in [1.29, 1.82) is 0 Å². The van der Waals surface area contributed by atoms with Crippen molar-refractivity contribution in [3.63, 3.8) is 0 Å². The molecule has 2 saturated carbocycles. The van der Waals surface area contributed by atoms with E-state index in [2.05, 4.69) is 30.8 Å². The van der Waals surface area contributed by atoms with Crippen LogP contribution in [0.15, 0.2) is 0 Å². The molecular formula is C15H31N3. The molecule has 2 fully saturated rings. The van der Waals surface area contributed by atoms with Crippen molar-refractivity contribution in [2.24, 2.45) is 23.5 Å². The summed E-state index contributed by atoms with van der Waals surface area (Å²) in [6.07, 6.45) is 5.53. The number of rotatable bonds is 7. The third kappa shape index (κ3) is 3.25. The average molecular weight is 253 g/mol. The van der Waals surface area contributed by atoms with Gasteiger partial charge in [0, 0.05) is 12.6 Å². The van der Waals surface area contributed by atoms with Gasteiger partial charge in [0.2, 0.25) is 0 Å². The van der Waals surface area contributed by atoms with Crippen LogP contribution in [0.25, 0.3) is 0 Å². The molecule has 3 heteroatoms. The first kappa shape index (κ1) is 14.3. The first-order valence-corrected chi connectivity index (χ1v) is 7.74. The zero-order valence-electron chi connectivity index (χ0n) is 12.4. The summed E-state index contributed by atoms with van der Waals surface area (Å²) >= 11 is 0. The van der Waals surface area contributed by atoms with Gasteiger partial charge in [-0.2, -0.15) is 0 Å². The number of fused-ring (bicyclic) bond motifs is 2. The lowest BCUT2D eigenvalue weighted by Crippen LogP contribution is -2.43. The van der Waals surface area contributed by atoms with Crippen molar-refractivity contribution >= 4 is 0 Å². The predicted octanol–water partition coefficient (Wildman–Crippen LogP) is 1.63. The highest BCUT2D eigenvalue weighted by molar-refractivity contribution is 4.99. The van der Waals surface area contributed by atoms with Gasteiger partial charge in [-0.1, -0.05) is 6.92 Å². The first-order valence-electron chi connectivity index (χ1n) is 7.74. The molecule has 0 aromatic carbocycles. The Kier molecular flexibility index (Phi) is 5.05. The van der Waals surface area contributed by atoms with Gasteiger partial charge in [0.1, 0.15) is 0 Å². The van der Waals surface area contributed by atoms with Crippen LogP contribution in [0.5, 0.6) is 0 Å². The average Bonchev–Trinajstić information content (AvgIpc) is 2.90. The van der Waals surface area contributed by atoms with Crippen LogP contribution in [0.4, 0.5) is 0 Å². The van der Waals surface area contributed by atoms with E-state index in [0.717, 1.165) is 17.8 Å². The fourth-order valence-corrected chi connectivity index (χ4v) is 4.01. The van der Waals surface area contributed by atoms with Crippen molar-refractivity contribution in [3.05, 3.63) is 0 Å². The third-order valence-corrected chi connectivity index (χ3v) is 5.15. The second-order valence-corrected chi connectivity index (χ2v) is 6.62. The SMILES string of the molecule is CCN(CCCN(C)C)CC1C2CCC(C2)C1N. The van der Waals surface area contributed by atoms with Crippen LogP contribution in [-0.4, -0.2) is 56.1 Å². The van der Waals surface area contributed by atoms with Gasteiger partial charge in [-0.05, 0) is 77.2 Å². The zero-order chi connectivity index (χ0) is 13.1. The molecule has 2 aliphatic rings. The number of hydrogen-bond acceptors (Lipinski definition) is 3. The molecule has 0 spiro atoms. The van der Waals surface area contributed by atoms with Crippen LogP contribution in [0, 0.1) is 17.8 Å². The van der Waals surface area contributed by atoms with Gasteiger partial charge in [0.15, 0.2) is 0 Å². The number of hydrogen-bond donors (Lipinski definition) is 1. The quantitative estimate of drug-likeness (QED) is 0.748. The minimum absolute atomic E-state index is 0.492. The molecule has 3 nitrogen and oxygen atoms in total. The molecule has 0 saturated heterocycles. The maximum absolute atomic E-state index is 6.41. The molecule has 106 valence electrons. The predicted molar refractivity (Wildman–Crippen MR) is 77.6 cm³/mol. The van der Waals surface area contributed by atoms with Crippen LogP contribution in [0.3, 0.4) is 0 Å². The minimum Gasteiger partial charge on any atom is -0.327 e. The first-order chi connectivity index (χ1) is 8.61. The lowest BCUT2D eigenvalue weighted by molar-refractivity contribution is 0.174. The smallest absolute Gasteiger partial charge is 0.0111 e. The topological polar surface area (TPSA) is 32.5 Å². The van der Waals surface area contributed by atoms with Crippen LogP contribution in [0.1, 0.15) is 32.6 Å². The van der Waals surface area contributed by atoms with Gasteiger partial charge in [-0.3, -0.25) is 0 Å². The Morgan fingerprint density at radius 1 is 1.11 bits per heavy atom. The second kappa shape index (κ2) is 6.36. The summed E-state index contributed by atoms with van der Waals surface area (Å²) in [6, 6.07) is 0.492. The van der Waals surface area contributed by atoms with E-state index in [-0.39, 0.29) is 0 Å². The van der Waals surface area contributed by atoms with Crippen molar-refractivity contribution in [3.8, 4) is 0 Å². The van der Waals surface area contributed by atoms with E-state index in [1.807, 2.05) is 0 Å². The van der Waals surface area contributed by atoms with Crippen molar-refractivity contribution in [2.45, 2.75) is 38.6 Å². The van der Waals surface area contributed by atoms with E-state index in [1.54, 1.807) is 0 Å². The number of nitrogens with two attached hydrogens (primary N) is 1. The van der Waals surface area contributed by atoms with Gasteiger partial charge >= 0.3 is 0 Å². The molecule has 2 bridgehead atoms. The maximum Gasteiger partial charge on any atom is 0.0111 e. The van der Waals surface area contributed by atoms with Gasteiger partial charge < -0.3 is 15.5 Å². The summed E-state index contributed by atoms with van der Waals surface area (Å²) in [6.45, 7) is 7.13. The van der Waals surface area contributed by atoms with Crippen molar-refractivity contribution < 1.29 is 0 Å². The van der Waals surface area contributed by atoms with Crippen LogP contribution in [0.2, 0.25) is 0 Å². The largest absolute Gasteiger partial charge is 0.327 e. The van der Waals surface area contributed by atoms with E-state index in [0.29, 0.717) is 6.04 Å². The van der Waals surface area contributed by atoms with Gasteiger partial charge in [-0.15, -0.1) is 0 Å². The number of nitrogens with zero attached hydrogens (tertiary/aromatic N) is 2. The fraction of sp³-hybridized carbons (Fsp3) is 1.00. The third-order valence-electron chi connectivity index (χ3n) is 5.15. The molecule has 2 aliphatic carbocycles. The normalized spacial score (nSPS) is 35.0. The van der Waals surface area contributed by atoms with E-state index in [9.17, 15) is 0 Å². The fourth-order valence-electron chi connectivity index (χ4n) is 4.01. The highest BCUT2D eigenvalue weighted by Gasteiger charge is 2.45. The minimum atomic E-state index is 0.492. The van der Waals surface area contributed by atoms with Gasteiger partial charge in [0.05, 0.1) is 0 Å². The summed E-state index contributed by atoms with van der Waals surface area (Å²) in [5.74, 6) is 2.57. The molecule has 0 aliphatic heterocycles. The Balaban J connectivity index is 1.76. The van der Waals surface area contributed by atoms with E-state index < -0.39 is 0 Å². The molecule has 0 aromatic rings. The highest BCUT2D eigenvalue weighted by atomic mass is 15.1. The van der Waals surface area contributed by atoms with E-state index in [4.69, 9.17) is 5.73 Å².